The zero-order valence-electron chi connectivity index (χ0n) is 17.1. The molecule has 3 amide bonds. The van der Waals surface area contributed by atoms with E-state index in [4.69, 9.17) is 4.84 Å². The van der Waals surface area contributed by atoms with Crippen molar-refractivity contribution in [2.75, 3.05) is 4.90 Å². The van der Waals surface area contributed by atoms with E-state index in [-0.39, 0.29) is 31.6 Å². The molecule has 1 heterocycles. The molecule has 0 aliphatic carbocycles. The summed E-state index contributed by atoms with van der Waals surface area (Å²) in [5.41, 5.74) is 3.78. The highest BCUT2D eigenvalue weighted by molar-refractivity contribution is 6.02. The Morgan fingerprint density at radius 2 is 1.50 bits per heavy atom. The van der Waals surface area contributed by atoms with Crippen molar-refractivity contribution >= 4 is 29.4 Å². The van der Waals surface area contributed by atoms with Gasteiger partial charge in [-0.05, 0) is 36.6 Å². The van der Waals surface area contributed by atoms with E-state index in [9.17, 15) is 19.2 Å². The van der Waals surface area contributed by atoms with Crippen molar-refractivity contribution in [3.05, 3.63) is 65.2 Å². The minimum Gasteiger partial charge on any atom is -0.330 e. The highest BCUT2D eigenvalue weighted by atomic mass is 16.7. The van der Waals surface area contributed by atoms with Gasteiger partial charge in [0.1, 0.15) is 0 Å². The maximum absolute atomic E-state index is 13.1. The molecule has 2 aromatic carbocycles. The Bertz CT molecular complexity index is 969. The third-order valence-electron chi connectivity index (χ3n) is 5.04. The monoisotopic (exact) mass is 408 g/mol. The van der Waals surface area contributed by atoms with Gasteiger partial charge < -0.3 is 9.74 Å². The number of carbonyl (C=O) groups excluding carboxylic acids is 4. The van der Waals surface area contributed by atoms with Gasteiger partial charge in [-0.15, -0.1) is 5.06 Å². The third-order valence-corrected chi connectivity index (χ3v) is 5.04. The van der Waals surface area contributed by atoms with Crippen molar-refractivity contribution in [1.29, 1.82) is 0 Å². The van der Waals surface area contributed by atoms with Gasteiger partial charge in [-0.3, -0.25) is 14.4 Å². The standard InChI is InChI=1S/C23H24N2O5/c1-16-7-3-5-9-18(16)15-24(19-10-6-4-8-17(19)2)20(26)13-14-23(29)30-25-21(27)11-12-22(25)28/h3-10H,11-15H2,1-2H3. The second-order valence-electron chi connectivity index (χ2n) is 7.24. The number of amides is 3. The average Bonchev–Trinajstić information content (AvgIpc) is 3.04. The van der Waals surface area contributed by atoms with Crippen molar-refractivity contribution in [3.8, 4) is 0 Å². The SMILES string of the molecule is Cc1ccccc1CN(C(=O)CCC(=O)ON1C(=O)CCC1=O)c1ccccc1C. The van der Waals surface area contributed by atoms with E-state index in [2.05, 4.69) is 0 Å². The number of imide groups is 1. The summed E-state index contributed by atoms with van der Waals surface area (Å²) in [4.78, 5) is 54.8. The largest absolute Gasteiger partial charge is 0.333 e. The summed E-state index contributed by atoms with van der Waals surface area (Å²) in [6.45, 7) is 4.28. The van der Waals surface area contributed by atoms with Crippen molar-refractivity contribution in [1.82, 2.24) is 5.06 Å². The van der Waals surface area contributed by atoms with E-state index in [1.54, 1.807) is 4.90 Å². The number of benzene rings is 2. The van der Waals surface area contributed by atoms with Crippen LogP contribution >= 0.6 is 0 Å². The Kier molecular flexibility index (Phi) is 6.61. The first kappa shape index (κ1) is 21.2. The first-order valence-electron chi connectivity index (χ1n) is 9.84. The molecular formula is C23H24N2O5. The van der Waals surface area contributed by atoms with Crippen LogP contribution in [0, 0.1) is 13.8 Å². The van der Waals surface area contributed by atoms with Crippen LogP contribution in [0.1, 0.15) is 42.4 Å². The van der Waals surface area contributed by atoms with Gasteiger partial charge in [0.05, 0.1) is 13.0 Å². The Labute approximate surface area is 175 Å². The van der Waals surface area contributed by atoms with E-state index in [1.807, 2.05) is 62.4 Å². The predicted molar refractivity (Wildman–Crippen MR) is 110 cm³/mol. The second kappa shape index (κ2) is 9.35. The van der Waals surface area contributed by atoms with Crippen molar-refractivity contribution in [2.24, 2.45) is 0 Å². The number of anilines is 1. The summed E-state index contributed by atoms with van der Waals surface area (Å²) < 4.78 is 0. The van der Waals surface area contributed by atoms with Crippen molar-refractivity contribution in [2.45, 2.75) is 46.1 Å². The van der Waals surface area contributed by atoms with Gasteiger partial charge in [0.15, 0.2) is 0 Å². The molecule has 0 aromatic heterocycles. The Morgan fingerprint density at radius 1 is 0.900 bits per heavy atom. The number of para-hydroxylation sites is 1. The van der Waals surface area contributed by atoms with E-state index in [0.29, 0.717) is 11.6 Å². The van der Waals surface area contributed by atoms with E-state index in [1.165, 1.54) is 0 Å². The topological polar surface area (TPSA) is 84.0 Å². The predicted octanol–water partition coefficient (Wildman–Crippen LogP) is 3.22. The van der Waals surface area contributed by atoms with Crippen molar-refractivity contribution < 1.29 is 24.0 Å². The number of hydrogen-bond acceptors (Lipinski definition) is 5. The fourth-order valence-corrected chi connectivity index (χ4v) is 3.28. The molecule has 1 saturated heterocycles. The van der Waals surface area contributed by atoms with Crippen LogP contribution in [0.4, 0.5) is 5.69 Å². The molecule has 2 aromatic rings. The van der Waals surface area contributed by atoms with Crippen LogP contribution in [0.25, 0.3) is 0 Å². The van der Waals surface area contributed by atoms with Crippen LogP contribution in [0.5, 0.6) is 0 Å². The maximum atomic E-state index is 13.1. The van der Waals surface area contributed by atoms with Gasteiger partial charge in [0.2, 0.25) is 5.91 Å². The fourth-order valence-electron chi connectivity index (χ4n) is 3.28. The zero-order valence-corrected chi connectivity index (χ0v) is 17.1. The van der Waals surface area contributed by atoms with Gasteiger partial charge in [-0.25, -0.2) is 4.79 Å². The Morgan fingerprint density at radius 3 is 2.13 bits per heavy atom. The molecule has 0 saturated carbocycles. The second-order valence-corrected chi connectivity index (χ2v) is 7.24. The third kappa shape index (κ3) is 4.92. The minimum atomic E-state index is -0.785. The lowest BCUT2D eigenvalue weighted by atomic mass is 10.1. The molecule has 7 nitrogen and oxygen atoms in total. The van der Waals surface area contributed by atoms with E-state index >= 15 is 0 Å². The van der Waals surface area contributed by atoms with Gasteiger partial charge in [0.25, 0.3) is 11.8 Å². The van der Waals surface area contributed by atoms with Crippen LogP contribution < -0.4 is 4.90 Å². The number of hydroxylamine groups is 2. The van der Waals surface area contributed by atoms with Gasteiger partial charge in [0, 0.05) is 24.9 Å². The molecule has 0 atom stereocenters. The number of aryl methyl sites for hydroxylation is 2. The normalized spacial score (nSPS) is 13.5. The number of carbonyl (C=O) groups is 4. The smallest absolute Gasteiger partial charge is 0.330 e. The highest BCUT2D eigenvalue weighted by Gasteiger charge is 2.33. The Balaban J connectivity index is 1.71. The van der Waals surface area contributed by atoms with Gasteiger partial charge >= 0.3 is 5.97 Å². The molecule has 7 heteroatoms. The molecule has 156 valence electrons. The van der Waals surface area contributed by atoms with E-state index < -0.39 is 17.8 Å². The van der Waals surface area contributed by atoms with E-state index in [0.717, 1.165) is 22.4 Å². The van der Waals surface area contributed by atoms with Crippen LogP contribution in [0.2, 0.25) is 0 Å². The lowest BCUT2D eigenvalue weighted by molar-refractivity contribution is -0.197. The maximum Gasteiger partial charge on any atom is 0.333 e. The molecular weight excluding hydrogens is 384 g/mol. The summed E-state index contributed by atoms with van der Waals surface area (Å²) in [6.07, 6.45) is -0.271. The van der Waals surface area contributed by atoms with Crippen LogP contribution in [-0.4, -0.2) is 28.8 Å². The number of nitrogens with zero attached hydrogens (tertiary/aromatic N) is 2. The summed E-state index contributed by atoms with van der Waals surface area (Å²) in [5.74, 6) is -2.11. The Hall–Kier alpha value is -3.48. The molecule has 3 rings (SSSR count). The zero-order chi connectivity index (χ0) is 21.7. The number of hydrogen-bond donors (Lipinski definition) is 0. The number of rotatable bonds is 7. The average molecular weight is 408 g/mol. The van der Waals surface area contributed by atoms with Gasteiger partial charge in [-0.1, -0.05) is 42.5 Å². The molecule has 0 unspecified atom stereocenters. The fraction of sp³-hybridized carbons (Fsp3) is 0.304. The summed E-state index contributed by atoms with van der Waals surface area (Å²) in [7, 11) is 0. The van der Waals surface area contributed by atoms with Crippen LogP contribution in [0.15, 0.2) is 48.5 Å². The van der Waals surface area contributed by atoms with Gasteiger partial charge in [-0.2, -0.15) is 0 Å². The molecule has 1 aliphatic heterocycles. The summed E-state index contributed by atoms with van der Waals surface area (Å²) >= 11 is 0. The summed E-state index contributed by atoms with van der Waals surface area (Å²) in [6, 6.07) is 15.4. The minimum absolute atomic E-state index is 0.0303. The molecule has 0 N–H and O–H groups in total. The molecule has 1 aliphatic rings. The highest BCUT2D eigenvalue weighted by Crippen LogP contribution is 2.24. The first-order chi connectivity index (χ1) is 14.4. The summed E-state index contributed by atoms with van der Waals surface area (Å²) in [5, 5.41) is 0.499. The molecule has 0 spiro atoms. The van der Waals surface area contributed by atoms with Crippen LogP contribution in [-0.2, 0) is 30.6 Å². The first-order valence-corrected chi connectivity index (χ1v) is 9.84. The lowest BCUT2D eigenvalue weighted by Gasteiger charge is -2.25. The quantitative estimate of drug-likeness (QED) is 0.657. The molecule has 0 bridgehead atoms. The molecule has 30 heavy (non-hydrogen) atoms. The van der Waals surface area contributed by atoms with Crippen molar-refractivity contribution in [3.63, 3.8) is 0 Å². The molecule has 0 radical (unpaired) electrons. The molecule has 1 fully saturated rings. The lowest BCUT2D eigenvalue weighted by Crippen LogP contribution is -2.34. The van der Waals surface area contributed by atoms with Crippen LogP contribution in [0.3, 0.4) is 0 Å².